The third-order valence-electron chi connectivity index (χ3n) is 16.6. The minimum Gasteiger partial charge on any atom is -0.481 e. The van der Waals surface area contributed by atoms with Crippen molar-refractivity contribution in [3.63, 3.8) is 0 Å². The van der Waals surface area contributed by atoms with Gasteiger partial charge in [-0.3, -0.25) is 28.8 Å². The van der Waals surface area contributed by atoms with E-state index in [2.05, 4.69) is 61.8 Å². The summed E-state index contributed by atoms with van der Waals surface area (Å²) in [5.74, 6) is -1.47. The standard InChI is InChI=1S/C39H50N8O7.C23H28N6O4.C21H33N3O5/c1-27(2)24-33(45-38(51)35(48)31(40)25-28-10-6-4-7-11-28)36(49)41-18-20-53-22-23-54-21-19-47(30-12-8-5-9-13-30)39-42-17-16-32(46-39)37(50)44-29-14-15-34(52-3)43-26-29;1-31-21-8-7-18(17-26-21)27-22(30)20-9-11-25-23(28-20)29(19-5-3-2-4-6-19)12-14-33-16-15-32-13-10-24;1-13(2)11-16(18(22)26)23-19(27)17(25)15(12-14-9-7-6-8-10-14)24-20(28)29-21(3,4)5/h4-17,26-27,31,33,35,48H,18-25,40H2,1-3H3,(H,41,49)(H,44,50)(H,45,51);2-9,11,17H,10,12-16,24H2,1H3,(H,27,30);6-10,13,15-17,25H,11-12H2,1-5H3,(H2,22,26)(H,23,27)(H,24,28)/t31-,33+,35+;;15-,16+,17+/m1.1/s1. The first-order chi connectivity index (χ1) is 55.7. The first-order valence-corrected chi connectivity index (χ1v) is 38.1. The van der Waals surface area contributed by atoms with Gasteiger partial charge in [-0.05, 0) is 118 Å². The molecule has 7 amide bonds. The van der Waals surface area contributed by atoms with Crippen LogP contribution in [0.1, 0.15) is 93.4 Å². The number of rotatable bonds is 44. The normalized spacial score (nSPS) is 12.6. The minimum atomic E-state index is -1.60. The topological polar surface area (TPSA) is 459 Å². The number of ether oxygens (including phenoxy) is 7. The predicted octanol–water partition coefficient (Wildman–Crippen LogP) is 6.64. The van der Waals surface area contributed by atoms with Crippen molar-refractivity contribution in [2.45, 2.75) is 116 Å². The highest BCUT2D eigenvalue weighted by molar-refractivity contribution is 6.03. The fraction of sp³-hybridized carbons (Fsp3) is 0.410. The largest absolute Gasteiger partial charge is 0.481 e. The molecule has 14 N–H and O–H groups in total. The SMILES string of the molecule is CC(C)C[C@H](NC(=O)[C@@H](O)[C@@H](Cc1ccccc1)NC(=O)OC(C)(C)C)C(N)=O.COc1ccc(NC(=O)c2ccnc(N(CCOCCOCCN)c3ccccc3)n2)cn1.COc1ccc(NC(=O)c2ccnc(N(CCOCCOCCNC(=O)[C@H](CC(C)C)NC(=O)[C@@H](O)[C@H](N)Cc3ccccc3)c3ccccc3)n2)cn1. The quantitative estimate of drug-likeness (QED) is 0.0178. The molecule has 33 nitrogen and oxygen atoms in total. The zero-order valence-corrected chi connectivity index (χ0v) is 67.2. The molecule has 0 saturated heterocycles. The lowest BCUT2D eigenvalue weighted by Gasteiger charge is -2.27. The van der Waals surface area contributed by atoms with E-state index in [4.69, 9.17) is 50.4 Å². The van der Waals surface area contributed by atoms with E-state index in [0.717, 1.165) is 22.5 Å². The van der Waals surface area contributed by atoms with Crippen molar-refractivity contribution >= 4 is 76.2 Å². The zero-order valence-electron chi connectivity index (χ0n) is 67.2. The number of amides is 7. The highest BCUT2D eigenvalue weighted by Crippen LogP contribution is 2.25. The molecule has 4 aromatic carbocycles. The summed E-state index contributed by atoms with van der Waals surface area (Å²) in [6, 6.07) is 43.9. The van der Waals surface area contributed by atoms with Crippen LogP contribution in [0, 0.1) is 11.8 Å². The van der Waals surface area contributed by atoms with E-state index in [9.17, 15) is 43.8 Å². The summed E-state index contributed by atoms with van der Waals surface area (Å²) in [6.07, 6.45) is 3.52. The fourth-order valence-corrected chi connectivity index (χ4v) is 10.9. The van der Waals surface area contributed by atoms with E-state index in [1.807, 2.05) is 159 Å². The van der Waals surface area contributed by atoms with Crippen molar-refractivity contribution in [2.24, 2.45) is 29.0 Å². The van der Waals surface area contributed by atoms with Crippen LogP contribution in [0.25, 0.3) is 0 Å². The van der Waals surface area contributed by atoms with Crippen LogP contribution in [0.4, 0.5) is 39.4 Å². The van der Waals surface area contributed by atoms with E-state index in [-0.39, 0.29) is 61.2 Å². The molecule has 8 rings (SSSR count). The summed E-state index contributed by atoms with van der Waals surface area (Å²) in [6.45, 7) is 17.4. The summed E-state index contributed by atoms with van der Waals surface area (Å²) in [4.78, 5) is 118. The third-order valence-corrected chi connectivity index (χ3v) is 16.6. The Labute approximate surface area is 676 Å². The number of alkyl carbamates (subject to hydrolysis) is 1. The average Bonchev–Trinajstić information content (AvgIpc) is 0.810. The van der Waals surface area contributed by atoms with Crippen LogP contribution in [0.5, 0.6) is 11.8 Å². The number of primary amides is 1. The summed E-state index contributed by atoms with van der Waals surface area (Å²) >= 11 is 0. The lowest BCUT2D eigenvalue weighted by atomic mass is 9.99. The Balaban J connectivity index is 0.000000289. The number of nitrogens with two attached hydrogens (primary N) is 3. The van der Waals surface area contributed by atoms with Gasteiger partial charge in [-0.2, -0.15) is 0 Å². The van der Waals surface area contributed by atoms with Crippen LogP contribution < -0.4 is 68.4 Å². The van der Waals surface area contributed by atoms with Gasteiger partial charge in [0.25, 0.3) is 23.6 Å². The van der Waals surface area contributed by atoms with E-state index in [1.165, 1.54) is 38.9 Å². The van der Waals surface area contributed by atoms with Gasteiger partial charge in [0.2, 0.25) is 35.5 Å². The van der Waals surface area contributed by atoms with Crippen LogP contribution in [-0.2, 0) is 55.7 Å². The number of hydrogen-bond donors (Lipinski definition) is 11. The Bertz CT molecular complexity index is 4220. The van der Waals surface area contributed by atoms with Gasteiger partial charge in [-0.25, -0.2) is 34.7 Å². The first kappa shape index (κ1) is 93.2. The van der Waals surface area contributed by atoms with Crippen molar-refractivity contribution in [1.82, 2.24) is 51.2 Å². The number of carbonyl (C=O) groups is 7. The Morgan fingerprint density at radius 3 is 1.34 bits per heavy atom. The molecule has 0 spiro atoms. The molecule has 624 valence electrons. The zero-order chi connectivity index (χ0) is 84.2. The number of methoxy groups -OCH3 is 2. The van der Waals surface area contributed by atoms with Crippen molar-refractivity contribution in [2.75, 3.05) is 114 Å². The van der Waals surface area contributed by atoms with E-state index < -0.39 is 71.7 Å². The number of aromatic nitrogens is 6. The summed E-state index contributed by atoms with van der Waals surface area (Å²) in [5, 5.41) is 37.2. The van der Waals surface area contributed by atoms with Gasteiger partial charge in [0, 0.05) is 68.1 Å². The molecule has 0 fully saturated rings. The monoisotopic (exact) mass is 1600 g/mol. The Kier molecular flexibility index (Phi) is 40.6. The Morgan fingerprint density at radius 2 is 0.914 bits per heavy atom. The summed E-state index contributed by atoms with van der Waals surface area (Å²) in [7, 11) is 3.04. The van der Waals surface area contributed by atoms with Crippen LogP contribution in [0.3, 0.4) is 0 Å². The number of nitrogens with one attached hydrogen (secondary N) is 6. The number of anilines is 6. The molecule has 116 heavy (non-hydrogen) atoms. The molecule has 0 unspecified atom stereocenters. The Hall–Kier alpha value is -11.7. The third kappa shape index (κ3) is 34.6. The number of nitrogens with zero attached hydrogens (tertiary/aromatic N) is 8. The van der Waals surface area contributed by atoms with Crippen LogP contribution >= 0.6 is 0 Å². The molecule has 8 aromatic rings. The predicted molar refractivity (Wildman–Crippen MR) is 439 cm³/mol. The molecule has 4 aromatic heterocycles. The highest BCUT2D eigenvalue weighted by Gasteiger charge is 2.33. The van der Waals surface area contributed by atoms with Crippen LogP contribution in [0.2, 0.25) is 0 Å². The van der Waals surface area contributed by atoms with Gasteiger partial charge in [-0.1, -0.05) is 125 Å². The molecule has 0 bridgehead atoms. The Morgan fingerprint density at radius 1 is 0.491 bits per heavy atom. The highest BCUT2D eigenvalue weighted by atomic mass is 16.6. The van der Waals surface area contributed by atoms with Crippen molar-refractivity contribution in [3.05, 3.63) is 205 Å². The number of hydrogen-bond acceptors (Lipinski definition) is 26. The van der Waals surface area contributed by atoms with Crippen LogP contribution in [-0.4, -0.2) is 217 Å². The fourth-order valence-electron chi connectivity index (χ4n) is 10.9. The van der Waals surface area contributed by atoms with Crippen molar-refractivity contribution in [1.29, 1.82) is 0 Å². The smallest absolute Gasteiger partial charge is 0.407 e. The van der Waals surface area contributed by atoms with Gasteiger partial charge in [-0.15, -0.1) is 0 Å². The summed E-state index contributed by atoms with van der Waals surface area (Å²) in [5.41, 5.74) is 21.0. The first-order valence-electron chi connectivity index (χ1n) is 38.1. The van der Waals surface area contributed by atoms with E-state index in [0.29, 0.717) is 114 Å². The lowest BCUT2D eigenvalue weighted by molar-refractivity contribution is -0.135. The van der Waals surface area contributed by atoms with Gasteiger partial charge in [0.1, 0.15) is 35.2 Å². The van der Waals surface area contributed by atoms with Gasteiger partial charge in [0.05, 0.1) is 96.9 Å². The second-order valence-corrected chi connectivity index (χ2v) is 28.0. The number of pyridine rings is 2. The van der Waals surface area contributed by atoms with E-state index >= 15 is 0 Å². The van der Waals surface area contributed by atoms with Crippen molar-refractivity contribution in [3.8, 4) is 11.8 Å². The minimum absolute atomic E-state index is 0.111. The molecular formula is C83H111N17O16. The maximum absolute atomic E-state index is 13.0. The number of benzene rings is 4. The molecule has 0 aliphatic heterocycles. The number of aliphatic hydroxyl groups excluding tert-OH is 2. The molecule has 4 heterocycles. The molecule has 0 saturated carbocycles. The van der Waals surface area contributed by atoms with Gasteiger partial charge >= 0.3 is 6.09 Å². The van der Waals surface area contributed by atoms with E-state index in [1.54, 1.807) is 57.3 Å². The number of para-hydroxylation sites is 2. The van der Waals surface area contributed by atoms with Gasteiger partial charge < -0.3 is 102 Å². The summed E-state index contributed by atoms with van der Waals surface area (Å²) < 4.78 is 37.8. The molecule has 0 aliphatic rings. The van der Waals surface area contributed by atoms with Gasteiger partial charge in [0.15, 0.2) is 6.10 Å². The maximum Gasteiger partial charge on any atom is 0.407 e. The maximum atomic E-state index is 13.0. The average molecular weight is 1600 g/mol. The van der Waals surface area contributed by atoms with Crippen molar-refractivity contribution < 1.29 is 76.9 Å². The molecule has 0 radical (unpaired) electrons. The molecule has 0 aliphatic carbocycles. The second-order valence-electron chi connectivity index (χ2n) is 28.0. The molecule has 33 heteroatoms. The second kappa shape index (κ2) is 50.5. The van der Waals surface area contributed by atoms with Crippen LogP contribution in [0.15, 0.2) is 183 Å². The molecule has 6 atom stereocenters. The molecular weight excluding hydrogens is 1490 g/mol. The lowest BCUT2D eigenvalue weighted by Crippen LogP contribution is -2.56. The number of aliphatic hydroxyl groups is 2. The number of carbonyl (C=O) groups excluding carboxylic acids is 7.